The van der Waals surface area contributed by atoms with Crippen LogP contribution in [0.1, 0.15) is 25.6 Å². The average molecular weight is 451 g/mol. The smallest absolute Gasteiger partial charge is 0.267 e. The number of nitrogens with one attached hydrogen (secondary N) is 2. The summed E-state index contributed by atoms with van der Waals surface area (Å²) >= 11 is 7.73. The molecule has 5 nitrogen and oxygen atoms in total. The number of halogens is 1. The van der Waals surface area contributed by atoms with Crippen LogP contribution < -0.4 is 15.4 Å². The second-order valence-electron chi connectivity index (χ2n) is 6.81. The number of methoxy groups -OCH3 is 1. The normalized spacial score (nSPS) is 10.6. The molecule has 0 unspecified atom stereocenters. The van der Waals surface area contributed by atoms with Crippen LogP contribution in [0.5, 0.6) is 5.75 Å². The molecule has 0 fully saturated rings. The molecule has 0 aliphatic rings. The number of fused-ring (bicyclic) bond motifs is 1. The van der Waals surface area contributed by atoms with Gasteiger partial charge in [-0.3, -0.25) is 9.59 Å². The third-order valence-corrected chi connectivity index (χ3v) is 6.40. The zero-order valence-electron chi connectivity index (χ0n) is 16.6. The third-order valence-electron chi connectivity index (χ3n) is 4.74. The SMILES string of the molecule is COc1ccc2c(Cl)c(C(=O)Nc3ccc(C(=O)NCc4ccccc4)cc3)sc2c1. The van der Waals surface area contributed by atoms with Crippen LogP contribution in [0.4, 0.5) is 5.69 Å². The van der Waals surface area contributed by atoms with Gasteiger partial charge < -0.3 is 15.4 Å². The van der Waals surface area contributed by atoms with Gasteiger partial charge in [0, 0.05) is 27.9 Å². The Morgan fingerprint density at radius 1 is 0.968 bits per heavy atom. The Bertz CT molecular complexity index is 1240. The van der Waals surface area contributed by atoms with E-state index in [1.807, 2.05) is 48.5 Å². The quantitative estimate of drug-likeness (QED) is 0.393. The molecule has 1 aromatic heterocycles. The minimum absolute atomic E-state index is 0.178. The largest absolute Gasteiger partial charge is 0.497 e. The summed E-state index contributed by atoms with van der Waals surface area (Å²) in [6, 6.07) is 21.9. The van der Waals surface area contributed by atoms with Crippen LogP contribution in [0.15, 0.2) is 72.8 Å². The first-order chi connectivity index (χ1) is 15.0. The first kappa shape index (κ1) is 20.9. The highest BCUT2D eigenvalue weighted by atomic mass is 35.5. The molecule has 0 bridgehead atoms. The van der Waals surface area contributed by atoms with Gasteiger partial charge in [-0.15, -0.1) is 11.3 Å². The minimum atomic E-state index is -0.300. The Balaban J connectivity index is 1.43. The fourth-order valence-electron chi connectivity index (χ4n) is 3.09. The van der Waals surface area contributed by atoms with Crippen molar-refractivity contribution in [2.24, 2.45) is 0 Å². The maximum atomic E-state index is 12.7. The molecule has 0 saturated heterocycles. The van der Waals surface area contributed by atoms with E-state index in [0.29, 0.717) is 33.4 Å². The Morgan fingerprint density at radius 3 is 2.42 bits per heavy atom. The van der Waals surface area contributed by atoms with Crippen LogP contribution in [-0.4, -0.2) is 18.9 Å². The lowest BCUT2D eigenvalue weighted by Gasteiger charge is -2.07. The van der Waals surface area contributed by atoms with E-state index in [1.165, 1.54) is 11.3 Å². The lowest BCUT2D eigenvalue weighted by Crippen LogP contribution is -2.22. The molecular weight excluding hydrogens is 432 g/mol. The molecule has 156 valence electrons. The Morgan fingerprint density at radius 2 is 1.71 bits per heavy atom. The fraction of sp³-hybridized carbons (Fsp3) is 0.0833. The predicted octanol–water partition coefficient (Wildman–Crippen LogP) is 5.75. The van der Waals surface area contributed by atoms with E-state index in [4.69, 9.17) is 16.3 Å². The van der Waals surface area contributed by atoms with Crippen LogP contribution in [0, 0.1) is 0 Å². The Hall–Kier alpha value is -3.35. The molecule has 0 saturated carbocycles. The van der Waals surface area contributed by atoms with E-state index in [9.17, 15) is 9.59 Å². The van der Waals surface area contributed by atoms with E-state index >= 15 is 0 Å². The van der Waals surface area contributed by atoms with Crippen LogP contribution >= 0.6 is 22.9 Å². The number of hydrogen-bond acceptors (Lipinski definition) is 4. The molecule has 0 spiro atoms. The van der Waals surface area contributed by atoms with Gasteiger partial charge in [0.15, 0.2) is 0 Å². The maximum Gasteiger partial charge on any atom is 0.267 e. The van der Waals surface area contributed by atoms with Gasteiger partial charge in [0.25, 0.3) is 11.8 Å². The number of anilines is 1. The first-order valence-corrected chi connectivity index (χ1v) is 10.7. The summed E-state index contributed by atoms with van der Waals surface area (Å²) in [5, 5.41) is 6.94. The molecule has 31 heavy (non-hydrogen) atoms. The lowest BCUT2D eigenvalue weighted by molar-refractivity contribution is 0.0950. The molecule has 0 radical (unpaired) electrons. The van der Waals surface area contributed by atoms with Crippen molar-refractivity contribution in [1.29, 1.82) is 0 Å². The highest BCUT2D eigenvalue weighted by Crippen LogP contribution is 2.37. The number of rotatable bonds is 6. The second kappa shape index (κ2) is 9.20. The molecule has 0 atom stereocenters. The van der Waals surface area contributed by atoms with Crippen molar-refractivity contribution >= 4 is 50.5 Å². The monoisotopic (exact) mass is 450 g/mol. The van der Waals surface area contributed by atoms with E-state index in [-0.39, 0.29) is 11.8 Å². The van der Waals surface area contributed by atoms with Crippen molar-refractivity contribution in [2.75, 3.05) is 12.4 Å². The van der Waals surface area contributed by atoms with Crippen LogP contribution in [-0.2, 0) is 6.54 Å². The maximum absolute atomic E-state index is 12.7. The molecule has 0 aliphatic heterocycles. The number of thiophene rings is 1. The van der Waals surface area contributed by atoms with Gasteiger partial charge in [-0.1, -0.05) is 41.9 Å². The van der Waals surface area contributed by atoms with E-state index < -0.39 is 0 Å². The second-order valence-corrected chi connectivity index (χ2v) is 8.24. The zero-order valence-corrected chi connectivity index (χ0v) is 18.2. The molecule has 3 aromatic carbocycles. The van der Waals surface area contributed by atoms with Gasteiger partial charge in [0.2, 0.25) is 0 Å². The standard InChI is InChI=1S/C24H19ClN2O3S/c1-30-18-11-12-19-20(13-18)31-22(21(19)25)24(29)27-17-9-7-16(8-10-17)23(28)26-14-15-5-3-2-4-6-15/h2-13H,14H2,1H3,(H,26,28)(H,27,29). The molecule has 0 aliphatic carbocycles. The van der Waals surface area contributed by atoms with E-state index in [2.05, 4.69) is 10.6 Å². The predicted molar refractivity (Wildman–Crippen MR) is 125 cm³/mol. The Kier molecular flexibility index (Phi) is 6.21. The number of hydrogen-bond donors (Lipinski definition) is 2. The van der Waals surface area contributed by atoms with Crippen LogP contribution in [0.3, 0.4) is 0 Å². The van der Waals surface area contributed by atoms with Gasteiger partial charge in [0.1, 0.15) is 10.6 Å². The summed E-state index contributed by atoms with van der Waals surface area (Å²) in [6.07, 6.45) is 0. The summed E-state index contributed by atoms with van der Waals surface area (Å²) in [5.74, 6) is 0.230. The topological polar surface area (TPSA) is 67.4 Å². The van der Waals surface area contributed by atoms with Gasteiger partial charge in [-0.05, 0) is 48.0 Å². The van der Waals surface area contributed by atoms with Gasteiger partial charge in [0.05, 0.1) is 12.1 Å². The van der Waals surface area contributed by atoms with Gasteiger partial charge in [-0.25, -0.2) is 0 Å². The van der Waals surface area contributed by atoms with E-state index in [0.717, 1.165) is 15.6 Å². The summed E-state index contributed by atoms with van der Waals surface area (Å²) in [5.41, 5.74) is 2.12. The number of carbonyl (C=O) groups is 2. The number of benzene rings is 3. The Labute approximate surface area is 188 Å². The van der Waals surface area contributed by atoms with Crippen molar-refractivity contribution < 1.29 is 14.3 Å². The summed E-state index contributed by atoms with van der Waals surface area (Å²) < 4.78 is 6.11. The summed E-state index contributed by atoms with van der Waals surface area (Å²) in [4.78, 5) is 25.5. The highest BCUT2D eigenvalue weighted by Gasteiger charge is 2.18. The van der Waals surface area contributed by atoms with E-state index in [1.54, 1.807) is 31.4 Å². The van der Waals surface area contributed by atoms with Crippen molar-refractivity contribution in [2.45, 2.75) is 6.54 Å². The summed E-state index contributed by atoms with van der Waals surface area (Å²) in [7, 11) is 1.59. The van der Waals surface area contributed by atoms with Crippen molar-refractivity contribution in [1.82, 2.24) is 5.32 Å². The van der Waals surface area contributed by atoms with Crippen LogP contribution in [0.2, 0.25) is 5.02 Å². The molecule has 1 heterocycles. The minimum Gasteiger partial charge on any atom is -0.497 e. The number of amides is 2. The number of ether oxygens (including phenoxy) is 1. The van der Waals surface area contributed by atoms with Crippen molar-refractivity contribution in [3.63, 3.8) is 0 Å². The molecule has 4 aromatic rings. The molecule has 2 amide bonds. The molecule has 4 rings (SSSR count). The average Bonchev–Trinajstić information content (AvgIpc) is 3.14. The molecule has 2 N–H and O–H groups in total. The zero-order chi connectivity index (χ0) is 21.8. The number of carbonyl (C=O) groups excluding carboxylic acids is 2. The first-order valence-electron chi connectivity index (χ1n) is 9.55. The molecular formula is C24H19ClN2O3S. The van der Waals surface area contributed by atoms with Gasteiger partial charge in [-0.2, -0.15) is 0 Å². The van der Waals surface area contributed by atoms with Crippen molar-refractivity contribution in [3.05, 3.63) is 93.8 Å². The highest BCUT2D eigenvalue weighted by molar-refractivity contribution is 7.21. The molecule has 7 heteroatoms. The van der Waals surface area contributed by atoms with Crippen molar-refractivity contribution in [3.8, 4) is 5.75 Å². The van der Waals surface area contributed by atoms with Crippen LogP contribution in [0.25, 0.3) is 10.1 Å². The summed E-state index contributed by atoms with van der Waals surface area (Å²) in [6.45, 7) is 0.452. The fourth-order valence-corrected chi connectivity index (χ4v) is 4.53. The third kappa shape index (κ3) is 4.71. The van der Waals surface area contributed by atoms with Gasteiger partial charge >= 0.3 is 0 Å². The lowest BCUT2D eigenvalue weighted by atomic mass is 10.1.